The molecule has 1 aromatic heterocycles. The minimum absolute atomic E-state index is 0.0362. The molecule has 1 heterocycles. The molecule has 0 saturated heterocycles. The number of hydrogen-bond donors (Lipinski definition) is 7. The van der Waals surface area contributed by atoms with Crippen LogP contribution in [0.1, 0.15) is 68.2 Å². The van der Waals surface area contributed by atoms with Gasteiger partial charge in [-0.15, -0.1) is 0 Å². The molecule has 54 heavy (non-hydrogen) atoms. The molecule has 4 aromatic carbocycles. The van der Waals surface area contributed by atoms with Gasteiger partial charge >= 0.3 is 6.09 Å². The molecule has 2 amide bonds. The molecule has 0 radical (unpaired) electrons. The highest BCUT2D eigenvalue weighted by atomic mass is 16.4. The molecule has 2 atom stereocenters. The number of phenols is 1. The number of aromatic nitrogens is 1. The van der Waals surface area contributed by atoms with E-state index in [1.807, 2.05) is 79.7 Å². The number of carbonyl (C=O) groups excluding carboxylic acids is 1. The van der Waals surface area contributed by atoms with Gasteiger partial charge in [-0.3, -0.25) is 14.5 Å². The van der Waals surface area contributed by atoms with E-state index in [1.54, 1.807) is 12.1 Å². The van der Waals surface area contributed by atoms with Crippen molar-refractivity contribution in [3.63, 3.8) is 0 Å². The van der Waals surface area contributed by atoms with Crippen LogP contribution in [0.25, 0.3) is 22.0 Å². The molecule has 8 N–H and O–H groups in total. The van der Waals surface area contributed by atoms with Crippen LogP contribution >= 0.6 is 0 Å². The third kappa shape index (κ3) is 9.54. The van der Waals surface area contributed by atoms with Crippen molar-refractivity contribution in [2.24, 2.45) is 5.73 Å². The highest BCUT2D eigenvalue weighted by Gasteiger charge is 2.30. The number of aromatic amines is 1. The normalized spacial score (nSPS) is 16.8. The summed E-state index contributed by atoms with van der Waals surface area (Å²) in [6, 6.07) is 29.6. The van der Waals surface area contributed by atoms with Crippen molar-refractivity contribution in [3.05, 3.63) is 124 Å². The summed E-state index contributed by atoms with van der Waals surface area (Å²) in [5.41, 5.74) is 11.9. The largest absolute Gasteiger partial charge is 0.506 e. The van der Waals surface area contributed by atoms with Crippen molar-refractivity contribution in [2.75, 3.05) is 16.8 Å². The summed E-state index contributed by atoms with van der Waals surface area (Å²) in [6.07, 6.45) is 3.44. The Bertz CT molecular complexity index is 2110. The lowest BCUT2D eigenvalue weighted by Crippen LogP contribution is -2.44. The Balaban J connectivity index is 1.01. The maximum Gasteiger partial charge on any atom is 0.412 e. The first-order valence-corrected chi connectivity index (χ1v) is 18.7. The highest BCUT2D eigenvalue weighted by molar-refractivity contribution is 5.94. The molecular weight excluding hydrogens is 683 g/mol. The Kier molecular flexibility index (Phi) is 12.4. The van der Waals surface area contributed by atoms with Gasteiger partial charge in [-0.25, -0.2) is 4.79 Å². The van der Waals surface area contributed by atoms with E-state index in [0.717, 1.165) is 47.9 Å². The van der Waals surface area contributed by atoms with E-state index < -0.39 is 12.2 Å². The quantitative estimate of drug-likeness (QED) is 0.0646. The van der Waals surface area contributed by atoms with E-state index in [2.05, 4.69) is 15.6 Å². The minimum atomic E-state index is -0.973. The van der Waals surface area contributed by atoms with E-state index >= 15 is 0 Å². The van der Waals surface area contributed by atoms with Crippen molar-refractivity contribution in [2.45, 2.75) is 82.5 Å². The molecule has 5 aromatic rings. The number of aliphatic hydroxyl groups is 1. The van der Waals surface area contributed by atoms with Crippen molar-refractivity contribution in [1.82, 2.24) is 10.3 Å². The van der Waals surface area contributed by atoms with Crippen LogP contribution in [0.2, 0.25) is 0 Å². The number of hydrogen-bond acceptors (Lipinski definition) is 7. The van der Waals surface area contributed by atoms with Crippen LogP contribution in [0.15, 0.2) is 102 Å². The van der Waals surface area contributed by atoms with Crippen molar-refractivity contribution in [1.29, 1.82) is 0 Å². The van der Waals surface area contributed by atoms with Gasteiger partial charge in [0.1, 0.15) is 5.75 Å². The first-order chi connectivity index (χ1) is 26.0. The second-order valence-corrected chi connectivity index (χ2v) is 14.4. The Morgan fingerprint density at radius 1 is 0.926 bits per heavy atom. The maximum atomic E-state index is 12.9. The number of aryl methyl sites for hydroxylation is 1. The summed E-state index contributed by atoms with van der Waals surface area (Å²) in [5, 5.41) is 38.4. The molecule has 1 unspecified atom stereocenters. The summed E-state index contributed by atoms with van der Waals surface area (Å²) in [7, 11) is 0. The molecule has 0 spiro atoms. The van der Waals surface area contributed by atoms with Gasteiger partial charge in [-0.2, -0.15) is 0 Å². The molecule has 1 saturated carbocycles. The molecule has 1 fully saturated rings. The van der Waals surface area contributed by atoms with E-state index in [4.69, 9.17) is 5.73 Å². The van der Waals surface area contributed by atoms with Gasteiger partial charge in [-0.1, -0.05) is 60.7 Å². The number of H-pyrrole nitrogens is 1. The lowest BCUT2D eigenvalue weighted by atomic mass is 9.89. The van der Waals surface area contributed by atoms with Crippen LogP contribution in [-0.4, -0.2) is 57.0 Å². The second-order valence-electron chi connectivity index (χ2n) is 14.4. The Hall–Kier alpha value is -5.49. The highest BCUT2D eigenvalue weighted by Crippen LogP contribution is 2.36. The van der Waals surface area contributed by atoms with Crippen LogP contribution in [0.4, 0.5) is 16.2 Å². The van der Waals surface area contributed by atoms with Gasteiger partial charge in [0.25, 0.3) is 0 Å². The lowest BCUT2D eigenvalue weighted by molar-refractivity contribution is -0.116. The van der Waals surface area contributed by atoms with Gasteiger partial charge in [0.15, 0.2) is 0 Å². The standard InChI is InChI=1S/C43H49N5O6/c1-27(45-26-39(50)35-20-22-38(49)42-36(35)21-23-41(52)47-42)24-29-10-15-32(16-11-29)46-40(51)9-5-6-28-12-19-34(30-7-3-2-4-8-30)37(25-28)48(43(53)54)33-17-13-31(44)14-18-33/h2-4,7-8,10-12,15-16,19-23,25,27,31,33,39,45,49-50H,5-6,9,13-14,17-18,24,26,44H2,1H3,(H,46,51)(H,47,52)(H,53,54)/t27?,31?,33?,39-/m1/s1. The molecule has 6 rings (SSSR count). The zero-order chi connectivity index (χ0) is 38.2. The Morgan fingerprint density at radius 3 is 2.37 bits per heavy atom. The smallest absolute Gasteiger partial charge is 0.412 e. The number of benzene rings is 4. The number of aliphatic hydroxyl groups excluding tert-OH is 1. The third-order valence-corrected chi connectivity index (χ3v) is 10.3. The topological polar surface area (TPSA) is 181 Å². The average molecular weight is 732 g/mol. The summed E-state index contributed by atoms with van der Waals surface area (Å²) < 4.78 is 0. The number of rotatable bonds is 14. The first-order valence-electron chi connectivity index (χ1n) is 18.7. The fourth-order valence-electron chi connectivity index (χ4n) is 7.41. The third-order valence-electron chi connectivity index (χ3n) is 10.3. The van der Waals surface area contributed by atoms with Crippen molar-refractivity contribution >= 4 is 34.3 Å². The van der Waals surface area contributed by atoms with Gasteiger partial charge in [0, 0.05) is 53.8 Å². The number of aromatic hydroxyl groups is 1. The summed E-state index contributed by atoms with van der Waals surface area (Å²) in [5.74, 6) is -0.144. The molecule has 282 valence electrons. The zero-order valence-electron chi connectivity index (χ0n) is 30.5. The predicted molar refractivity (Wildman–Crippen MR) is 213 cm³/mol. The molecule has 1 aliphatic rings. The number of anilines is 2. The number of carboxylic acid groups (broad SMARTS) is 1. The molecule has 0 aliphatic heterocycles. The Morgan fingerprint density at radius 2 is 1.65 bits per heavy atom. The predicted octanol–water partition coefficient (Wildman–Crippen LogP) is 6.87. The van der Waals surface area contributed by atoms with Gasteiger partial charge in [0.2, 0.25) is 11.5 Å². The number of nitrogens with two attached hydrogens (primary N) is 1. The molecule has 0 bridgehead atoms. The molecule has 11 nitrogen and oxygen atoms in total. The van der Waals surface area contributed by atoms with Crippen LogP contribution in [0, 0.1) is 0 Å². The average Bonchev–Trinajstić information content (AvgIpc) is 3.16. The van der Waals surface area contributed by atoms with Crippen LogP contribution in [-0.2, 0) is 17.6 Å². The van der Waals surface area contributed by atoms with Crippen molar-refractivity contribution in [3.8, 4) is 16.9 Å². The maximum absolute atomic E-state index is 12.9. The fourth-order valence-corrected chi connectivity index (χ4v) is 7.41. The number of phenolic OH excluding ortho intramolecular Hbond substituents is 1. The fraction of sp³-hybridized carbons (Fsp3) is 0.326. The SMILES string of the molecule is CC(Cc1ccc(NC(=O)CCCc2ccc(-c3ccccc3)c(N(C(=O)O)C3CCC(N)CC3)c2)cc1)NC[C@@H](O)c1ccc(O)c2[nH]c(=O)ccc12. The van der Waals surface area contributed by atoms with E-state index in [-0.39, 0.29) is 41.9 Å². The summed E-state index contributed by atoms with van der Waals surface area (Å²) in [6.45, 7) is 2.30. The summed E-state index contributed by atoms with van der Waals surface area (Å²) >= 11 is 0. The lowest BCUT2D eigenvalue weighted by Gasteiger charge is -2.35. The zero-order valence-corrected chi connectivity index (χ0v) is 30.5. The number of pyridine rings is 1. The number of fused-ring (bicyclic) bond motifs is 1. The first kappa shape index (κ1) is 38.2. The number of nitrogens with zero attached hydrogens (tertiary/aromatic N) is 1. The Labute approximate surface area is 314 Å². The minimum Gasteiger partial charge on any atom is -0.506 e. The van der Waals surface area contributed by atoms with E-state index in [9.17, 15) is 29.7 Å². The number of amides is 2. The van der Waals surface area contributed by atoms with Crippen LogP contribution in [0.3, 0.4) is 0 Å². The monoisotopic (exact) mass is 731 g/mol. The van der Waals surface area contributed by atoms with E-state index in [0.29, 0.717) is 53.5 Å². The summed E-state index contributed by atoms with van der Waals surface area (Å²) in [4.78, 5) is 41.5. The van der Waals surface area contributed by atoms with Crippen LogP contribution in [0.5, 0.6) is 5.75 Å². The van der Waals surface area contributed by atoms with Gasteiger partial charge < -0.3 is 36.7 Å². The number of nitrogens with one attached hydrogen (secondary N) is 3. The van der Waals surface area contributed by atoms with Crippen LogP contribution < -0.4 is 26.8 Å². The molecular formula is C43H49N5O6. The second kappa shape index (κ2) is 17.6. The molecule has 11 heteroatoms. The number of carbonyl (C=O) groups is 2. The molecule has 1 aliphatic carbocycles. The van der Waals surface area contributed by atoms with Gasteiger partial charge in [-0.05, 0) is 104 Å². The van der Waals surface area contributed by atoms with Gasteiger partial charge in [0.05, 0.1) is 17.3 Å². The van der Waals surface area contributed by atoms with Crippen molar-refractivity contribution < 1.29 is 24.9 Å². The van der Waals surface area contributed by atoms with E-state index in [1.165, 1.54) is 17.0 Å².